The van der Waals surface area contributed by atoms with Crippen LogP contribution >= 0.6 is 15.9 Å². The van der Waals surface area contributed by atoms with Crippen LogP contribution in [0, 0.1) is 0 Å². The zero-order valence-electron chi connectivity index (χ0n) is 10.6. The highest BCUT2D eigenvalue weighted by atomic mass is 79.9. The minimum atomic E-state index is 0.550. The van der Waals surface area contributed by atoms with E-state index in [1.54, 1.807) is 13.3 Å². The fourth-order valence-electron chi connectivity index (χ4n) is 1.48. The molecule has 0 aliphatic carbocycles. The minimum absolute atomic E-state index is 0.550. The molecule has 0 saturated carbocycles. The zero-order valence-corrected chi connectivity index (χ0v) is 12.1. The molecule has 5 nitrogen and oxygen atoms in total. The summed E-state index contributed by atoms with van der Waals surface area (Å²) in [5.41, 5.74) is 0.927. The number of anilines is 3. The van der Waals surface area contributed by atoms with Gasteiger partial charge in [0.05, 0.1) is 12.3 Å². The van der Waals surface area contributed by atoms with Crippen LogP contribution in [0.25, 0.3) is 0 Å². The molecule has 0 spiro atoms. The number of ether oxygens (including phenoxy) is 1. The Balaban J connectivity index is 2.05. The maximum Gasteiger partial charge on any atom is 0.229 e. The molecular weight excluding hydrogens is 308 g/mol. The summed E-state index contributed by atoms with van der Waals surface area (Å²) in [6, 6.07) is 9.65. The zero-order chi connectivity index (χ0) is 13.5. The first-order chi connectivity index (χ1) is 9.29. The van der Waals surface area contributed by atoms with Gasteiger partial charge in [0.25, 0.3) is 0 Å². The lowest BCUT2D eigenvalue weighted by Gasteiger charge is -2.09. The van der Waals surface area contributed by atoms with E-state index >= 15 is 0 Å². The van der Waals surface area contributed by atoms with Crippen LogP contribution in [-0.2, 0) is 4.74 Å². The first-order valence-corrected chi connectivity index (χ1v) is 6.66. The van der Waals surface area contributed by atoms with Crippen molar-refractivity contribution in [2.75, 3.05) is 30.9 Å². The summed E-state index contributed by atoms with van der Waals surface area (Å²) in [4.78, 5) is 8.56. The second-order valence-electron chi connectivity index (χ2n) is 3.79. The smallest absolute Gasteiger partial charge is 0.229 e. The molecule has 2 aromatic rings. The summed E-state index contributed by atoms with van der Waals surface area (Å²) < 4.78 is 5.95. The van der Waals surface area contributed by atoms with Crippen LogP contribution in [0.3, 0.4) is 0 Å². The largest absolute Gasteiger partial charge is 0.383 e. The minimum Gasteiger partial charge on any atom is -0.383 e. The number of halogens is 1. The monoisotopic (exact) mass is 322 g/mol. The second kappa shape index (κ2) is 7.06. The van der Waals surface area contributed by atoms with Crippen molar-refractivity contribution in [1.82, 2.24) is 9.97 Å². The number of nitrogens with one attached hydrogen (secondary N) is 2. The number of para-hydroxylation sites is 1. The van der Waals surface area contributed by atoms with Gasteiger partial charge < -0.3 is 15.4 Å². The molecule has 0 radical (unpaired) electrons. The SMILES string of the molecule is COCCNc1ccnc(Nc2ccccc2Br)n1. The standard InChI is InChI=1S/C13H15BrN4O/c1-19-9-8-15-12-6-7-16-13(18-12)17-11-5-3-2-4-10(11)14/h2-7H,8-9H2,1H3,(H2,15,16,17,18). The molecule has 2 N–H and O–H groups in total. The summed E-state index contributed by atoms with van der Waals surface area (Å²) in [5, 5.41) is 6.32. The fraction of sp³-hybridized carbons (Fsp3) is 0.231. The average molecular weight is 323 g/mol. The summed E-state index contributed by atoms with van der Waals surface area (Å²) in [6.07, 6.45) is 1.71. The van der Waals surface area contributed by atoms with Crippen molar-refractivity contribution in [2.24, 2.45) is 0 Å². The summed E-state index contributed by atoms with van der Waals surface area (Å²) in [7, 11) is 1.67. The van der Waals surface area contributed by atoms with Gasteiger partial charge in [-0.25, -0.2) is 4.98 Å². The van der Waals surface area contributed by atoms with Crippen molar-refractivity contribution in [3.63, 3.8) is 0 Å². The molecule has 100 valence electrons. The molecule has 0 aliphatic heterocycles. The van der Waals surface area contributed by atoms with Crippen molar-refractivity contribution in [3.8, 4) is 0 Å². The molecular formula is C13H15BrN4O. The summed E-state index contributed by atoms with van der Waals surface area (Å²) in [6.45, 7) is 1.35. The van der Waals surface area contributed by atoms with E-state index in [-0.39, 0.29) is 0 Å². The van der Waals surface area contributed by atoms with Crippen molar-refractivity contribution in [1.29, 1.82) is 0 Å². The molecule has 1 aromatic heterocycles. The van der Waals surface area contributed by atoms with E-state index in [0.717, 1.165) is 16.0 Å². The highest BCUT2D eigenvalue weighted by molar-refractivity contribution is 9.10. The first-order valence-electron chi connectivity index (χ1n) is 5.87. The highest BCUT2D eigenvalue weighted by Crippen LogP contribution is 2.23. The van der Waals surface area contributed by atoms with Gasteiger partial charge in [0, 0.05) is 24.3 Å². The lowest BCUT2D eigenvalue weighted by atomic mass is 10.3. The van der Waals surface area contributed by atoms with E-state index < -0.39 is 0 Å². The first kappa shape index (κ1) is 13.8. The van der Waals surface area contributed by atoms with E-state index in [2.05, 4.69) is 36.5 Å². The number of nitrogens with zero attached hydrogens (tertiary/aromatic N) is 2. The van der Waals surface area contributed by atoms with Crippen LogP contribution in [0.2, 0.25) is 0 Å². The Morgan fingerprint density at radius 1 is 1.26 bits per heavy atom. The van der Waals surface area contributed by atoms with Gasteiger partial charge in [0.1, 0.15) is 5.82 Å². The van der Waals surface area contributed by atoms with Gasteiger partial charge in [-0.15, -0.1) is 0 Å². The molecule has 2 rings (SSSR count). The Morgan fingerprint density at radius 2 is 2.11 bits per heavy atom. The average Bonchev–Trinajstić information content (AvgIpc) is 2.42. The van der Waals surface area contributed by atoms with Crippen LogP contribution in [0.15, 0.2) is 41.0 Å². The number of rotatable bonds is 6. The Bertz CT molecular complexity index is 536. The Labute approximate surface area is 120 Å². The topological polar surface area (TPSA) is 59.1 Å². The van der Waals surface area contributed by atoms with Crippen LogP contribution in [0.5, 0.6) is 0 Å². The molecule has 1 aromatic carbocycles. The molecule has 0 amide bonds. The van der Waals surface area contributed by atoms with Crippen LogP contribution < -0.4 is 10.6 Å². The fourth-order valence-corrected chi connectivity index (χ4v) is 1.87. The van der Waals surface area contributed by atoms with Crippen molar-refractivity contribution in [3.05, 3.63) is 41.0 Å². The van der Waals surface area contributed by atoms with Crippen molar-refractivity contribution < 1.29 is 4.74 Å². The highest BCUT2D eigenvalue weighted by Gasteiger charge is 2.02. The molecule has 0 atom stereocenters. The van der Waals surface area contributed by atoms with E-state index in [1.165, 1.54) is 0 Å². The Kier molecular flexibility index (Phi) is 5.11. The van der Waals surface area contributed by atoms with E-state index in [0.29, 0.717) is 19.1 Å². The molecule has 0 saturated heterocycles. The molecule has 0 unspecified atom stereocenters. The van der Waals surface area contributed by atoms with Crippen LogP contribution in [0.1, 0.15) is 0 Å². The predicted octanol–water partition coefficient (Wildman–Crippen LogP) is 3.04. The third-order valence-electron chi connectivity index (χ3n) is 2.39. The van der Waals surface area contributed by atoms with Crippen LogP contribution in [0.4, 0.5) is 17.5 Å². The van der Waals surface area contributed by atoms with Crippen molar-refractivity contribution in [2.45, 2.75) is 0 Å². The maximum absolute atomic E-state index is 4.98. The van der Waals surface area contributed by atoms with Gasteiger partial charge in [0.15, 0.2) is 0 Å². The van der Waals surface area contributed by atoms with Gasteiger partial charge >= 0.3 is 0 Å². The number of benzene rings is 1. The number of methoxy groups -OCH3 is 1. The normalized spacial score (nSPS) is 10.2. The maximum atomic E-state index is 4.98. The molecule has 19 heavy (non-hydrogen) atoms. The lowest BCUT2D eigenvalue weighted by molar-refractivity contribution is 0.210. The summed E-state index contributed by atoms with van der Waals surface area (Å²) in [5.74, 6) is 1.32. The van der Waals surface area contributed by atoms with Gasteiger partial charge in [0.2, 0.25) is 5.95 Å². The van der Waals surface area contributed by atoms with Gasteiger partial charge in [-0.1, -0.05) is 12.1 Å². The number of hydrogen-bond acceptors (Lipinski definition) is 5. The Hall–Kier alpha value is -1.66. The Morgan fingerprint density at radius 3 is 2.89 bits per heavy atom. The van der Waals surface area contributed by atoms with E-state index in [4.69, 9.17) is 4.74 Å². The number of hydrogen-bond donors (Lipinski definition) is 2. The van der Waals surface area contributed by atoms with Crippen LogP contribution in [-0.4, -0.2) is 30.2 Å². The molecule has 0 aliphatic rings. The quantitative estimate of drug-likeness (QED) is 0.800. The van der Waals surface area contributed by atoms with Crippen molar-refractivity contribution >= 4 is 33.4 Å². The van der Waals surface area contributed by atoms with E-state index in [9.17, 15) is 0 Å². The molecule has 0 bridgehead atoms. The summed E-state index contributed by atoms with van der Waals surface area (Å²) >= 11 is 3.47. The predicted molar refractivity (Wildman–Crippen MR) is 79.8 cm³/mol. The van der Waals surface area contributed by atoms with E-state index in [1.807, 2.05) is 30.3 Å². The van der Waals surface area contributed by atoms with Gasteiger partial charge in [-0.2, -0.15) is 4.98 Å². The lowest BCUT2D eigenvalue weighted by Crippen LogP contribution is -2.09. The number of aromatic nitrogens is 2. The molecule has 0 fully saturated rings. The van der Waals surface area contributed by atoms with Gasteiger partial charge in [-0.3, -0.25) is 0 Å². The second-order valence-corrected chi connectivity index (χ2v) is 4.64. The molecule has 6 heteroatoms. The van der Waals surface area contributed by atoms with Gasteiger partial charge in [-0.05, 0) is 34.1 Å². The third-order valence-corrected chi connectivity index (χ3v) is 3.08. The molecule has 1 heterocycles. The third kappa shape index (κ3) is 4.18.